The van der Waals surface area contributed by atoms with Crippen molar-refractivity contribution in [3.05, 3.63) is 59.4 Å². The number of carbonyl (C=O) groups excluding carboxylic acids is 1. The van der Waals surface area contributed by atoms with Crippen LogP contribution in [0.4, 0.5) is 0 Å². The molecule has 1 aromatic heterocycles. The normalized spacial score (nSPS) is 16.0. The van der Waals surface area contributed by atoms with E-state index < -0.39 is 0 Å². The average molecular weight is 281 g/mol. The molecule has 2 aromatic rings. The zero-order valence-corrected chi connectivity index (χ0v) is 11.6. The minimum Gasteiger partial charge on any atom is -0.497 e. The van der Waals surface area contributed by atoms with E-state index in [1.807, 2.05) is 42.6 Å². The highest BCUT2D eigenvalue weighted by molar-refractivity contribution is 6.27. The fourth-order valence-corrected chi connectivity index (χ4v) is 2.22. The van der Waals surface area contributed by atoms with Gasteiger partial charge in [-0.15, -0.1) is 0 Å². The Morgan fingerprint density at radius 3 is 2.95 bits per heavy atom. The Morgan fingerprint density at radius 1 is 1.29 bits per heavy atom. The summed E-state index contributed by atoms with van der Waals surface area (Å²) in [5.74, 6) is 0.614. The summed E-state index contributed by atoms with van der Waals surface area (Å²) in [5, 5.41) is 4.12. The zero-order valence-electron chi connectivity index (χ0n) is 11.6. The minimum atomic E-state index is -0.178. The summed E-state index contributed by atoms with van der Waals surface area (Å²) in [6, 6.07) is 11.5. The number of amides is 1. The number of nitrogens with one attached hydrogen (secondary N) is 2. The van der Waals surface area contributed by atoms with Crippen molar-refractivity contribution in [2.75, 3.05) is 7.11 Å². The Kier molecular flexibility index (Phi) is 3.55. The van der Waals surface area contributed by atoms with Crippen LogP contribution in [0, 0.1) is 0 Å². The van der Waals surface area contributed by atoms with E-state index in [0.29, 0.717) is 12.0 Å². The molecule has 0 atom stereocenters. The highest BCUT2D eigenvalue weighted by atomic mass is 16.5. The van der Waals surface area contributed by atoms with E-state index >= 15 is 0 Å². The number of aromatic amines is 1. The van der Waals surface area contributed by atoms with E-state index in [1.165, 1.54) is 0 Å². The monoisotopic (exact) mass is 281 g/mol. The molecule has 1 amide bonds. The van der Waals surface area contributed by atoms with Crippen LogP contribution in [0.25, 0.3) is 6.08 Å². The molecular formula is C16H15N3O2. The van der Waals surface area contributed by atoms with Gasteiger partial charge in [0.1, 0.15) is 5.75 Å². The van der Waals surface area contributed by atoms with Gasteiger partial charge in [0.25, 0.3) is 5.91 Å². The number of hydrazone groups is 1. The molecule has 106 valence electrons. The summed E-state index contributed by atoms with van der Waals surface area (Å²) in [6.45, 7) is 0. The Hall–Kier alpha value is -2.82. The van der Waals surface area contributed by atoms with Crippen molar-refractivity contribution in [1.29, 1.82) is 0 Å². The van der Waals surface area contributed by atoms with Crippen LogP contribution in [0.3, 0.4) is 0 Å². The smallest absolute Gasteiger partial charge is 0.273 e. The SMILES string of the molecule is COc1cccc(CC2=NNC(=O)C2=Cc2ccc[nH]2)c1. The van der Waals surface area contributed by atoms with Gasteiger partial charge in [-0.05, 0) is 35.9 Å². The first-order chi connectivity index (χ1) is 10.3. The Balaban J connectivity index is 1.85. The average Bonchev–Trinajstić information content (AvgIpc) is 3.13. The van der Waals surface area contributed by atoms with Crippen LogP contribution >= 0.6 is 0 Å². The first kappa shape index (κ1) is 13.2. The number of methoxy groups -OCH3 is 1. The molecule has 0 aliphatic carbocycles. The third-order valence-electron chi connectivity index (χ3n) is 3.28. The van der Waals surface area contributed by atoms with Gasteiger partial charge < -0.3 is 9.72 Å². The second-order valence-electron chi connectivity index (χ2n) is 4.71. The number of rotatable bonds is 4. The van der Waals surface area contributed by atoms with Crippen molar-refractivity contribution in [2.45, 2.75) is 6.42 Å². The Morgan fingerprint density at radius 2 is 2.19 bits per heavy atom. The third-order valence-corrected chi connectivity index (χ3v) is 3.28. The van der Waals surface area contributed by atoms with Crippen molar-refractivity contribution in [2.24, 2.45) is 5.10 Å². The molecule has 21 heavy (non-hydrogen) atoms. The lowest BCUT2D eigenvalue weighted by Gasteiger charge is -2.04. The molecule has 5 heteroatoms. The molecule has 3 rings (SSSR count). The first-order valence-corrected chi connectivity index (χ1v) is 6.61. The third kappa shape index (κ3) is 2.86. The van der Waals surface area contributed by atoms with Crippen LogP contribution in [0.1, 0.15) is 11.3 Å². The number of H-pyrrole nitrogens is 1. The van der Waals surface area contributed by atoms with Crippen molar-refractivity contribution >= 4 is 17.7 Å². The van der Waals surface area contributed by atoms with E-state index in [4.69, 9.17) is 4.74 Å². The second kappa shape index (κ2) is 5.66. The van der Waals surface area contributed by atoms with Gasteiger partial charge in [0.2, 0.25) is 0 Å². The summed E-state index contributed by atoms with van der Waals surface area (Å²) in [5.41, 5.74) is 5.74. The molecule has 2 heterocycles. The maximum absolute atomic E-state index is 11.9. The van der Waals surface area contributed by atoms with Gasteiger partial charge in [0.05, 0.1) is 18.4 Å². The maximum atomic E-state index is 11.9. The summed E-state index contributed by atoms with van der Waals surface area (Å²) in [6.07, 6.45) is 4.20. The molecule has 1 aromatic carbocycles. The first-order valence-electron chi connectivity index (χ1n) is 6.61. The predicted octanol–water partition coefficient (Wildman–Crippen LogP) is 2.14. The van der Waals surface area contributed by atoms with Gasteiger partial charge in [-0.3, -0.25) is 4.79 Å². The summed E-state index contributed by atoms with van der Waals surface area (Å²) in [7, 11) is 1.63. The molecule has 2 N–H and O–H groups in total. The fraction of sp³-hybridized carbons (Fsp3) is 0.125. The van der Waals surface area contributed by atoms with Crippen molar-refractivity contribution < 1.29 is 9.53 Å². The molecule has 0 saturated carbocycles. The summed E-state index contributed by atoms with van der Waals surface area (Å²) >= 11 is 0. The molecular weight excluding hydrogens is 266 g/mol. The van der Waals surface area contributed by atoms with Crippen LogP contribution < -0.4 is 10.2 Å². The molecule has 1 aliphatic rings. The lowest BCUT2D eigenvalue weighted by Crippen LogP contribution is -2.14. The standard InChI is InChI=1S/C16H15N3O2/c1-21-13-6-2-4-11(8-13)9-15-14(16(20)19-18-15)10-12-5-3-7-17-12/h2-8,10,17H,9H2,1H3,(H,19,20). The lowest BCUT2D eigenvalue weighted by atomic mass is 10.0. The van der Waals surface area contributed by atoms with Crippen molar-refractivity contribution in [3.63, 3.8) is 0 Å². The zero-order chi connectivity index (χ0) is 14.7. The van der Waals surface area contributed by atoms with Crippen LogP contribution in [-0.4, -0.2) is 23.7 Å². The molecule has 0 fully saturated rings. The number of carbonyl (C=O) groups is 1. The number of hydrogen-bond acceptors (Lipinski definition) is 3. The second-order valence-corrected chi connectivity index (χ2v) is 4.71. The largest absolute Gasteiger partial charge is 0.497 e. The topological polar surface area (TPSA) is 66.5 Å². The van der Waals surface area contributed by atoms with E-state index in [0.717, 1.165) is 22.7 Å². The summed E-state index contributed by atoms with van der Waals surface area (Å²) < 4.78 is 5.21. The van der Waals surface area contributed by atoms with Crippen molar-refractivity contribution in [3.8, 4) is 5.75 Å². The fourth-order valence-electron chi connectivity index (χ4n) is 2.22. The molecule has 0 saturated heterocycles. The molecule has 0 bridgehead atoms. The maximum Gasteiger partial charge on any atom is 0.273 e. The van der Waals surface area contributed by atoms with Crippen LogP contribution in [-0.2, 0) is 11.2 Å². The van der Waals surface area contributed by atoms with Crippen LogP contribution in [0.5, 0.6) is 5.75 Å². The van der Waals surface area contributed by atoms with Gasteiger partial charge in [0.15, 0.2) is 0 Å². The van der Waals surface area contributed by atoms with Gasteiger partial charge >= 0.3 is 0 Å². The number of hydrogen-bond donors (Lipinski definition) is 2. The molecule has 0 unspecified atom stereocenters. The van der Waals surface area contributed by atoms with E-state index in [9.17, 15) is 4.79 Å². The number of ether oxygens (including phenoxy) is 1. The highest BCUT2D eigenvalue weighted by Gasteiger charge is 2.22. The van der Waals surface area contributed by atoms with Crippen LogP contribution in [0.15, 0.2) is 53.3 Å². The van der Waals surface area contributed by atoms with Gasteiger partial charge in [-0.2, -0.15) is 5.10 Å². The van der Waals surface area contributed by atoms with E-state index in [-0.39, 0.29) is 5.91 Å². The van der Waals surface area contributed by atoms with E-state index in [1.54, 1.807) is 13.2 Å². The number of benzene rings is 1. The minimum absolute atomic E-state index is 0.178. The summed E-state index contributed by atoms with van der Waals surface area (Å²) in [4.78, 5) is 14.9. The number of aromatic nitrogens is 1. The van der Waals surface area contributed by atoms with Crippen molar-refractivity contribution in [1.82, 2.24) is 10.4 Å². The van der Waals surface area contributed by atoms with Gasteiger partial charge in [-0.25, -0.2) is 5.43 Å². The molecule has 5 nitrogen and oxygen atoms in total. The van der Waals surface area contributed by atoms with Gasteiger partial charge in [-0.1, -0.05) is 12.1 Å². The molecule has 0 radical (unpaired) electrons. The molecule has 0 spiro atoms. The quantitative estimate of drug-likeness (QED) is 0.843. The highest BCUT2D eigenvalue weighted by Crippen LogP contribution is 2.18. The predicted molar refractivity (Wildman–Crippen MR) is 81.0 cm³/mol. The lowest BCUT2D eigenvalue weighted by molar-refractivity contribution is -0.116. The Labute approximate surface area is 122 Å². The number of nitrogens with zero attached hydrogens (tertiary/aromatic N) is 1. The Bertz CT molecular complexity index is 715. The molecule has 1 aliphatic heterocycles. The van der Waals surface area contributed by atoms with E-state index in [2.05, 4.69) is 15.5 Å². The van der Waals surface area contributed by atoms with Gasteiger partial charge in [0, 0.05) is 18.3 Å². The van der Waals surface area contributed by atoms with Crippen LogP contribution in [0.2, 0.25) is 0 Å².